The molecular formula is C21H25N5O3. The number of rotatable bonds is 5. The first-order valence-electron chi connectivity index (χ1n) is 9.69. The normalized spacial score (nSPS) is 11.8. The van der Waals surface area contributed by atoms with Crippen molar-refractivity contribution in [1.29, 1.82) is 0 Å². The molecule has 1 aromatic carbocycles. The molecule has 3 aromatic heterocycles. The van der Waals surface area contributed by atoms with Crippen molar-refractivity contribution in [3.63, 3.8) is 0 Å². The highest BCUT2D eigenvalue weighted by atomic mass is 16.3. The predicted octanol–water partition coefficient (Wildman–Crippen LogP) is 1.51. The summed E-state index contributed by atoms with van der Waals surface area (Å²) in [5.74, 6) is 0.615. The maximum atomic E-state index is 13.4. The third-order valence-electron chi connectivity index (χ3n) is 5.59. The van der Waals surface area contributed by atoms with Gasteiger partial charge in [0, 0.05) is 31.6 Å². The van der Waals surface area contributed by atoms with E-state index in [4.69, 9.17) is 0 Å². The van der Waals surface area contributed by atoms with Crippen LogP contribution in [0.3, 0.4) is 0 Å². The van der Waals surface area contributed by atoms with Gasteiger partial charge in [-0.25, -0.2) is 4.79 Å². The summed E-state index contributed by atoms with van der Waals surface area (Å²) in [6, 6.07) is 7.79. The molecule has 0 spiro atoms. The standard InChI is InChI=1S/C21H25N5O3/c1-13-7-5-8-16(11-13)12-25-19(28)17-18(23(4)21(25)29)22-20-24(9-6-10-27)14(2)15(3)26(17)20/h5,7-8,11,27H,6,9-10,12H2,1-4H3. The molecule has 0 unspecified atom stereocenters. The molecular weight excluding hydrogens is 370 g/mol. The van der Waals surface area contributed by atoms with Gasteiger partial charge in [0.05, 0.1) is 6.54 Å². The van der Waals surface area contributed by atoms with Gasteiger partial charge in [-0.05, 0) is 32.8 Å². The molecule has 0 fully saturated rings. The second-order valence-corrected chi connectivity index (χ2v) is 7.54. The first-order valence-corrected chi connectivity index (χ1v) is 9.69. The van der Waals surface area contributed by atoms with Crippen molar-refractivity contribution >= 4 is 16.9 Å². The largest absolute Gasteiger partial charge is 0.396 e. The number of hydrogen-bond donors (Lipinski definition) is 1. The van der Waals surface area contributed by atoms with E-state index in [2.05, 4.69) is 4.98 Å². The van der Waals surface area contributed by atoms with Gasteiger partial charge in [0.2, 0.25) is 5.78 Å². The van der Waals surface area contributed by atoms with Gasteiger partial charge in [0.15, 0.2) is 11.2 Å². The fourth-order valence-electron chi connectivity index (χ4n) is 3.94. The van der Waals surface area contributed by atoms with Gasteiger partial charge in [-0.2, -0.15) is 4.98 Å². The Bertz CT molecular complexity index is 1350. The lowest BCUT2D eigenvalue weighted by atomic mass is 10.1. The Kier molecular flexibility index (Phi) is 4.66. The van der Waals surface area contributed by atoms with E-state index >= 15 is 0 Å². The second-order valence-electron chi connectivity index (χ2n) is 7.54. The van der Waals surface area contributed by atoms with Crippen molar-refractivity contribution in [2.75, 3.05) is 6.61 Å². The fourth-order valence-corrected chi connectivity index (χ4v) is 3.94. The van der Waals surface area contributed by atoms with Crippen LogP contribution in [0.5, 0.6) is 0 Å². The Morgan fingerprint density at radius 2 is 1.83 bits per heavy atom. The van der Waals surface area contributed by atoms with Gasteiger partial charge in [0.25, 0.3) is 5.56 Å². The van der Waals surface area contributed by atoms with Crippen molar-refractivity contribution in [2.45, 2.75) is 40.3 Å². The van der Waals surface area contributed by atoms with Gasteiger partial charge >= 0.3 is 5.69 Å². The molecule has 0 bridgehead atoms. The minimum atomic E-state index is -0.388. The number of hydrogen-bond acceptors (Lipinski definition) is 4. The lowest BCUT2D eigenvalue weighted by Crippen LogP contribution is -2.39. The van der Waals surface area contributed by atoms with Crippen LogP contribution < -0.4 is 11.2 Å². The summed E-state index contributed by atoms with van der Waals surface area (Å²) < 4.78 is 6.52. The van der Waals surface area contributed by atoms with Crippen molar-refractivity contribution in [3.05, 3.63) is 67.6 Å². The van der Waals surface area contributed by atoms with E-state index in [1.165, 1.54) is 9.13 Å². The van der Waals surface area contributed by atoms with E-state index in [-0.39, 0.29) is 24.4 Å². The van der Waals surface area contributed by atoms with Crippen molar-refractivity contribution < 1.29 is 5.11 Å². The lowest BCUT2D eigenvalue weighted by Gasteiger charge is -2.09. The number of aliphatic hydroxyl groups is 1. The van der Waals surface area contributed by atoms with E-state index in [9.17, 15) is 14.7 Å². The van der Waals surface area contributed by atoms with Gasteiger partial charge in [0.1, 0.15) is 0 Å². The van der Waals surface area contributed by atoms with E-state index in [0.717, 1.165) is 22.5 Å². The van der Waals surface area contributed by atoms with Crippen molar-refractivity contribution in [1.82, 2.24) is 23.1 Å². The molecule has 152 valence electrons. The average Bonchev–Trinajstić information content (AvgIpc) is 3.19. The summed E-state index contributed by atoms with van der Waals surface area (Å²) in [5.41, 5.74) is 3.90. The van der Waals surface area contributed by atoms with E-state index in [0.29, 0.717) is 29.9 Å². The molecule has 4 rings (SSSR count). The number of aliphatic hydroxyl groups excluding tert-OH is 1. The van der Waals surface area contributed by atoms with Crippen molar-refractivity contribution in [2.24, 2.45) is 7.05 Å². The van der Waals surface area contributed by atoms with Gasteiger partial charge < -0.3 is 9.67 Å². The highest BCUT2D eigenvalue weighted by Crippen LogP contribution is 2.21. The summed E-state index contributed by atoms with van der Waals surface area (Å²) in [6.45, 7) is 6.77. The van der Waals surface area contributed by atoms with Crippen LogP contribution in [0.2, 0.25) is 0 Å². The Labute approximate surface area is 167 Å². The molecule has 1 N–H and O–H groups in total. The SMILES string of the molecule is Cc1cccc(Cn2c(=O)c3c(nc4n(CCCO)c(C)c(C)n34)n(C)c2=O)c1. The number of aryl methyl sites for hydroxylation is 4. The quantitative estimate of drug-likeness (QED) is 0.555. The first kappa shape index (κ1) is 19.2. The summed E-state index contributed by atoms with van der Waals surface area (Å²) in [5, 5.41) is 9.22. The third kappa shape index (κ3) is 2.91. The van der Waals surface area contributed by atoms with Crippen LogP contribution >= 0.6 is 0 Å². The molecule has 0 radical (unpaired) electrons. The van der Waals surface area contributed by atoms with Crippen LogP contribution in [0.4, 0.5) is 0 Å². The molecule has 0 amide bonds. The predicted molar refractivity (Wildman–Crippen MR) is 112 cm³/mol. The molecule has 8 heteroatoms. The number of benzene rings is 1. The third-order valence-corrected chi connectivity index (χ3v) is 5.59. The van der Waals surface area contributed by atoms with Gasteiger partial charge in [-0.15, -0.1) is 0 Å². The van der Waals surface area contributed by atoms with Crippen LogP contribution in [-0.2, 0) is 20.1 Å². The Morgan fingerprint density at radius 1 is 1.07 bits per heavy atom. The van der Waals surface area contributed by atoms with Crippen LogP contribution in [0.25, 0.3) is 16.9 Å². The molecule has 4 aromatic rings. The second kappa shape index (κ2) is 7.04. The molecule has 0 atom stereocenters. The van der Waals surface area contributed by atoms with Crippen LogP contribution in [-0.4, -0.2) is 34.8 Å². The molecule has 0 saturated carbocycles. The Hall–Kier alpha value is -3.13. The van der Waals surface area contributed by atoms with Gasteiger partial charge in [-0.3, -0.25) is 18.3 Å². The average molecular weight is 395 g/mol. The summed E-state index contributed by atoms with van der Waals surface area (Å²) in [7, 11) is 1.64. The highest BCUT2D eigenvalue weighted by molar-refractivity contribution is 5.76. The van der Waals surface area contributed by atoms with Crippen LogP contribution in [0, 0.1) is 20.8 Å². The zero-order valence-electron chi connectivity index (χ0n) is 17.1. The Morgan fingerprint density at radius 3 is 2.52 bits per heavy atom. The van der Waals surface area contributed by atoms with E-state index in [1.807, 2.05) is 54.0 Å². The zero-order chi connectivity index (χ0) is 20.9. The highest BCUT2D eigenvalue weighted by Gasteiger charge is 2.22. The molecule has 0 aliphatic rings. The minimum absolute atomic E-state index is 0.0742. The van der Waals surface area contributed by atoms with E-state index in [1.54, 1.807) is 7.05 Å². The fraction of sp³-hybridized carbons (Fsp3) is 0.381. The minimum Gasteiger partial charge on any atom is -0.396 e. The summed E-state index contributed by atoms with van der Waals surface area (Å²) >= 11 is 0. The Balaban J connectivity index is 2.02. The summed E-state index contributed by atoms with van der Waals surface area (Å²) in [4.78, 5) is 31.0. The maximum Gasteiger partial charge on any atom is 0.332 e. The first-order chi connectivity index (χ1) is 13.8. The zero-order valence-corrected chi connectivity index (χ0v) is 17.1. The monoisotopic (exact) mass is 395 g/mol. The maximum absolute atomic E-state index is 13.4. The van der Waals surface area contributed by atoms with Gasteiger partial charge in [-0.1, -0.05) is 29.8 Å². The molecule has 0 aliphatic carbocycles. The van der Waals surface area contributed by atoms with E-state index < -0.39 is 0 Å². The number of aromatic nitrogens is 5. The van der Waals surface area contributed by atoms with Crippen molar-refractivity contribution in [3.8, 4) is 0 Å². The molecule has 29 heavy (non-hydrogen) atoms. The molecule has 8 nitrogen and oxygen atoms in total. The molecule has 0 aliphatic heterocycles. The topological polar surface area (TPSA) is 86.5 Å². The number of imidazole rings is 2. The number of fused-ring (bicyclic) bond motifs is 3. The summed E-state index contributed by atoms with van der Waals surface area (Å²) in [6.07, 6.45) is 0.588. The van der Waals surface area contributed by atoms with Crippen LogP contribution in [0.15, 0.2) is 33.9 Å². The lowest BCUT2D eigenvalue weighted by molar-refractivity contribution is 0.280. The molecule has 3 heterocycles. The molecule has 0 saturated heterocycles. The smallest absolute Gasteiger partial charge is 0.332 e. The number of nitrogens with zero attached hydrogens (tertiary/aromatic N) is 5. The van der Waals surface area contributed by atoms with Crippen LogP contribution in [0.1, 0.15) is 28.9 Å².